The maximum Gasteiger partial charge on any atom is 0.0720 e. The van der Waals surface area contributed by atoms with Crippen molar-refractivity contribution >= 4 is 0 Å². The molecule has 0 atom stereocenters. The Bertz CT molecular complexity index is 366. The Hall–Kier alpha value is -0.900. The Morgan fingerprint density at radius 1 is 1.00 bits per heavy atom. The summed E-state index contributed by atoms with van der Waals surface area (Å²) in [6, 6.07) is 9.06. The van der Waals surface area contributed by atoms with E-state index < -0.39 is 0 Å². The van der Waals surface area contributed by atoms with E-state index in [-0.39, 0.29) is 0 Å². The molecule has 0 unspecified atom stereocenters. The van der Waals surface area contributed by atoms with Crippen LogP contribution in [0.25, 0.3) is 0 Å². The van der Waals surface area contributed by atoms with Crippen molar-refractivity contribution in [2.45, 2.75) is 52.7 Å². The molecule has 0 aromatic heterocycles. The Balaban J connectivity index is 2.24. The first-order chi connectivity index (χ1) is 10.2. The number of hydrogen-bond donors (Lipinski definition) is 1. The van der Waals surface area contributed by atoms with E-state index in [1.54, 1.807) is 0 Å². The van der Waals surface area contributed by atoms with E-state index in [0.29, 0.717) is 25.9 Å². The third kappa shape index (κ3) is 8.86. The largest absolute Gasteiger partial charge is 0.379 e. The van der Waals surface area contributed by atoms with Crippen LogP contribution in [0.1, 0.15) is 44.7 Å². The highest BCUT2D eigenvalue weighted by atomic mass is 16.5. The topological polar surface area (TPSA) is 30.5 Å². The van der Waals surface area contributed by atoms with Crippen molar-refractivity contribution in [1.29, 1.82) is 0 Å². The molecule has 0 saturated heterocycles. The molecule has 0 aliphatic carbocycles. The lowest BCUT2D eigenvalue weighted by Gasteiger charge is -2.12. The molecule has 0 saturated carbocycles. The van der Waals surface area contributed by atoms with Crippen LogP contribution in [0.4, 0.5) is 0 Å². The van der Waals surface area contributed by atoms with Crippen LogP contribution in [-0.2, 0) is 22.5 Å². The monoisotopic (exact) mass is 293 g/mol. The highest BCUT2D eigenvalue weighted by Gasteiger charge is 2.02. The maximum atomic E-state index is 5.72. The van der Waals surface area contributed by atoms with Crippen molar-refractivity contribution in [2.75, 3.05) is 26.4 Å². The van der Waals surface area contributed by atoms with Gasteiger partial charge in [-0.2, -0.15) is 0 Å². The van der Waals surface area contributed by atoms with Crippen molar-refractivity contribution in [1.82, 2.24) is 5.32 Å². The number of rotatable bonds is 12. The molecule has 0 radical (unpaired) electrons. The number of nitrogens with one attached hydrogen (secondary N) is 1. The second-order valence-corrected chi connectivity index (χ2v) is 5.65. The van der Waals surface area contributed by atoms with Crippen molar-refractivity contribution < 1.29 is 9.47 Å². The van der Waals surface area contributed by atoms with Gasteiger partial charge in [-0.25, -0.2) is 0 Å². The van der Waals surface area contributed by atoms with Crippen molar-refractivity contribution in [3.05, 3.63) is 35.4 Å². The SMILES string of the molecule is CCCCOCCOCc1ccccc1CCNC(C)C. The fourth-order valence-electron chi connectivity index (χ4n) is 2.09. The molecule has 0 spiro atoms. The van der Waals surface area contributed by atoms with Gasteiger partial charge in [-0.15, -0.1) is 0 Å². The minimum Gasteiger partial charge on any atom is -0.379 e. The summed E-state index contributed by atoms with van der Waals surface area (Å²) >= 11 is 0. The van der Waals surface area contributed by atoms with Gasteiger partial charge in [-0.3, -0.25) is 0 Å². The summed E-state index contributed by atoms with van der Waals surface area (Å²) in [6.07, 6.45) is 3.36. The Kier molecular flexibility index (Phi) is 10.1. The minimum atomic E-state index is 0.536. The van der Waals surface area contributed by atoms with E-state index >= 15 is 0 Å². The Morgan fingerprint density at radius 3 is 2.43 bits per heavy atom. The molecule has 120 valence electrons. The summed E-state index contributed by atoms with van der Waals surface area (Å²) in [6.45, 7) is 10.4. The first-order valence-electron chi connectivity index (χ1n) is 8.19. The number of unbranched alkanes of at least 4 members (excludes halogenated alkanes) is 1. The first kappa shape index (κ1) is 18.1. The maximum absolute atomic E-state index is 5.72. The zero-order valence-corrected chi connectivity index (χ0v) is 13.9. The fourth-order valence-corrected chi connectivity index (χ4v) is 2.09. The molecule has 1 N–H and O–H groups in total. The van der Waals surface area contributed by atoms with E-state index in [1.807, 2.05) is 0 Å². The van der Waals surface area contributed by atoms with E-state index in [1.165, 1.54) is 17.5 Å². The van der Waals surface area contributed by atoms with Gasteiger partial charge < -0.3 is 14.8 Å². The molecule has 0 amide bonds. The normalized spacial score (nSPS) is 11.2. The van der Waals surface area contributed by atoms with Crippen molar-refractivity contribution in [2.24, 2.45) is 0 Å². The molecule has 0 aliphatic heterocycles. The molecule has 1 aromatic carbocycles. The quantitative estimate of drug-likeness (QED) is 0.598. The lowest BCUT2D eigenvalue weighted by atomic mass is 10.1. The third-order valence-electron chi connectivity index (χ3n) is 3.34. The molecular weight excluding hydrogens is 262 g/mol. The predicted molar refractivity (Wildman–Crippen MR) is 88.7 cm³/mol. The standard InChI is InChI=1S/C18H31NO2/c1-4-5-12-20-13-14-21-15-18-9-7-6-8-17(18)10-11-19-16(2)3/h6-9,16,19H,4-5,10-15H2,1-3H3. The Labute approximate surface area is 130 Å². The molecule has 21 heavy (non-hydrogen) atoms. The summed E-state index contributed by atoms with van der Waals surface area (Å²) < 4.78 is 11.2. The molecule has 3 heteroatoms. The highest BCUT2D eigenvalue weighted by molar-refractivity contribution is 5.26. The molecule has 0 fully saturated rings. The second kappa shape index (κ2) is 11.7. The van der Waals surface area contributed by atoms with Crippen LogP contribution in [0.15, 0.2) is 24.3 Å². The van der Waals surface area contributed by atoms with Gasteiger partial charge in [0.2, 0.25) is 0 Å². The number of ether oxygens (including phenoxy) is 2. The number of benzene rings is 1. The van der Waals surface area contributed by atoms with Crippen LogP contribution in [0.3, 0.4) is 0 Å². The third-order valence-corrected chi connectivity index (χ3v) is 3.34. The van der Waals surface area contributed by atoms with Crippen LogP contribution in [0.2, 0.25) is 0 Å². The van der Waals surface area contributed by atoms with Gasteiger partial charge in [0.25, 0.3) is 0 Å². The molecule has 0 aliphatic rings. The predicted octanol–water partition coefficient (Wildman–Crippen LogP) is 3.56. The fraction of sp³-hybridized carbons (Fsp3) is 0.667. The zero-order valence-electron chi connectivity index (χ0n) is 13.9. The van der Waals surface area contributed by atoms with Crippen LogP contribution in [0.5, 0.6) is 0 Å². The summed E-state index contributed by atoms with van der Waals surface area (Å²) in [5.41, 5.74) is 2.66. The second-order valence-electron chi connectivity index (χ2n) is 5.65. The van der Waals surface area contributed by atoms with Gasteiger partial charge in [0.15, 0.2) is 0 Å². The van der Waals surface area contributed by atoms with Gasteiger partial charge >= 0.3 is 0 Å². The van der Waals surface area contributed by atoms with Gasteiger partial charge in [-0.05, 0) is 30.5 Å². The van der Waals surface area contributed by atoms with Gasteiger partial charge in [0.05, 0.1) is 19.8 Å². The molecule has 1 rings (SSSR count). The average molecular weight is 293 g/mol. The number of hydrogen-bond acceptors (Lipinski definition) is 3. The zero-order chi connectivity index (χ0) is 15.3. The van der Waals surface area contributed by atoms with Crippen molar-refractivity contribution in [3.8, 4) is 0 Å². The lowest BCUT2D eigenvalue weighted by Crippen LogP contribution is -2.25. The van der Waals surface area contributed by atoms with E-state index in [2.05, 4.69) is 50.4 Å². The molecule has 0 bridgehead atoms. The van der Waals surface area contributed by atoms with Crippen molar-refractivity contribution in [3.63, 3.8) is 0 Å². The highest BCUT2D eigenvalue weighted by Crippen LogP contribution is 2.10. The van der Waals surface area contributed by atoms with Gasteiger partial charge in [-0.1, -0.05) is 51.5 Å². The van der Waals surface area contributed by atoms with Crippen LogP contribution in [0, 0.1) is 0 Å². The van der Waals surface area contributed by atoms with E-state index in [0.717, 1.165) is 26.0 Å². The van der Waals surface area contributed by atoms with E-state index in [9.17, 15) is 0 Å². The lowest BCUT2D eigenvalue weighted by molar-refractivity contribution is 0.0394. The first-order valence-corrected chi connectivity index (χ1v) is 8.19. The minimum absolute atomic E-state index is 0.536. The van der Waals surface area contributed by atoms with Gasteiger partial charge in [0, 0.05) is 12.6 Å². The van der Waals surface area contributed by atoms with E-state index in [4.69, 9.17) is 9.47 Å². The summed E-state index contributed by atoms with van der Waals surface area (Å²) in [5, 5.41) is 3.46. The summed E-state index contributed by atoms with van der Waals surface area (Å²) in [7, 11) is 0. The smallest absolute Gasteiger partial charge is 0.0720 e. The van der Waals surface area contributed by atoms with Crippen LogP contribution < -0.4 is 5.32 Å². The Morgan fingerprint density at radius 2 is 1.71 bits per heavy atom. The van der Waals surface area contributed by atoms with Gasteiger partial charge in [0.1, 0.15) is 0 Å². The average Bonchev–Trinajstić information content (AvgIpc) is 2.47. The molecule has 1 aromatic rings. The summed E-state index contributed by atoms with van der Waals surface area (Å²) in [5.74, 6) is 0. The summed E-state index contributed by atoms with van der Waals surface area (Å²) in [4.78, 5) is 0. The van der Waals surface area contributed by atoms with Crippen LogP contribution >= 0.6 is 0 Å². The molecule has 0 heterocycles. The molecular formula is C18H31NO2. The molecule has 3 nitrogen and oxygen atoms in total. The van der Waals surface area contributed by atoms with Crippen LogP contribution in [-0.4, -0.2) is 32.4 Å².